The highest BCUT2D eigenvalue weighted by molar-refractivity contribution is 5.81. The van der Waals surface area contributed by atoms with Crippen LogP contribution in [0.2, 0.25) is 0 Å². The summed E-state index contributed by atoms with van der Waals surface area (Å²) in [6, 6.07) is 5.55. The van der Waals surface area contributed by atoms with Crippen LogP contribution >= 0.6 is 0 Å². The van der Waals surface area contributed by atoms with Crippen molar-refractivity contribution in [2.45, 2.75) is 46.1 Å². The summed E-state index contributed by atoms with van der Waals surface area (Å²) in [5.74, 6) is 0.498. The molecule has 0 aliphatic heterocycles. The maximum atomic E-state index is 11.9. The number of hydrogen-bond acceptors (Lipinski definition) is 3. The molecule has 0 heterocycles. The van der Waals surface area contributed by atoms with Crippen molar-refractivity contribution in [3.8, 4) is 5.75 Å². The molecule has 1 aromatic carbocycles. The van der Waals surface area contributed by atoms with Crippen molar-refractivity contribution in [2.75, 3.05) is 12.3 Å². The first kappa shape index (κ1) is 15.3. The lowest BCUT2D eigenvalue weighted by atomic mass is 10.2. The van der Waals surface area contributed by atoms with E-state index in [9.17, 15) is 4.79 Å². The third-order valence-electron chi connectivity index (χ3n) is 2.99. The predicted octanol–water partition coefficient (Wildman–Crippen LogP) is 2.65. The van der Waals surface area contributed by atoms with E-state index in [0.29, 0.717) is 18.0 Å². The molecule has 0 aliphatic rings. The van der Waals surface area contributed by atoms with Gasteiger partial charge in [-0.1, -0.05) is 31.9 Å². The lowest BCUT2D eigenvalue weighted by molar-refractivity contribution is -0.127. The molecular weight excluding hydrogens is 240 g/mol. The Bertz CT molecular complexity index is 398. The molecular formula is C15H24N2O2. The van der Waals surface area contributed by atoms with E-state index >= 15 is 0 Å². The van der Waals surface area contributed by atoms with Crippen LogP contribution in [-0.4, -0.2) is 18.6 Å². The van der Waals surface area contributed by atoms with Crippen molar-refractivity contribution in [3.05, 3.63) is 23.8 Å². The Balaban J connectivity index is 2.50. The number of nitrogens with one attached hydrogen (secondary N) is 1. The second-order valence-electron chi connectivity index (χ2n) is 4.75. The number of nitrogens with two attached hydrogens (primary N) is 1. The number of benzene rings is 1. The van der Waals surface area contributed by atoms with E-state index in [1.807, 2.05) is 19.1 Å². The highest BCUT2D eigenvalue weighted by Gasteiger charge is 2.16. The van der Waals surface area contributed by atoms with Crippen molar-refractivity contribution >= 4 is 11.6 Å². The fourth-order valence-corrected chi connectivity index (χ4v) is 1.80. The number of hydrogen-bond donors (Lipinski definition) is 2. The molecule has 0 bridgehead atoms. The highest BCUT2D eigenvalue weighted by atomic mass is 16.5. The molecule has 0 radical (unpaired) electrons. The zero-order chi connectivity index (χ0) is 14.3. The van der Waals surface area contributed by atoms with Crippen LogP contribution in [0.4, 0.5) is 5.69 Å². The molecule has 4 heteroatoms. The normalized spacial score (nSPS) is 11.9. The maximum Gasteiger partial charge on any atom is 0.260 e. The van der Waals surface area contributed by atoms with Gasteiger partial charge in [0.2, 0.25) is 0 Å². The summed E-state index contributed by atoms with van der Waals surface area (Å²) in [5, 5.41) is 2.87. The van der Waals surface area contributed by atoms with Gasteiger partial charge in [-0.05, 0) is 31.9 Å². The summed E-state index contributed by atoms with van der Waals surface area (Å²) in [5.41, 5.74) is 7.35. The summed E-state index contributed by atoms with van der Waals surface area (Å²) in [7, 11) is 0. The van der Waals surface area contributed by atoms with E-state index in [0.717, 1.165) is 24.8 Å². The number of rotatable bonds is 7. The molecule has 0 fully saturated rings. The molecule has 1 amide bonds. The minimum absolute atomic E-state index is 0.0984. The van der Waals surface area contributed by atoms with Crippen LogP contribution in [0.5, 0.6) is 5.75 Å². The molecule has 0 aliphatic carbocycles. The maximum absolute atomic E-state index is 11.9. The van der Waals surface area contributed by atoms with Crippen LogP contribution < -0.4 is 15.8 Å². The van der Waals surface area contributed by atoms with Gasteiger partial charge in [-0.2, -0.15) is 0 Å². The van der Waals surface area contributed by atoms with Crippen LogP contribution in [0, 0.1) is 6.92 Å². The molecule has 0 spiro atoms. The average molecular weight is 264 g/mol. The van der Waals surface area contributed by atoms with E-state index in [4.69, 9.17) is 10.5 Å². The SMILES string of the molecule is CCCCCNC(=O)C(C)Oc1c(C)cccc1N. The Morgan fingerprint density at radius 3 is 2.79 bits per heavy atom. The number of ether oxygens (including phenoxy) is 1. The monoisotopic (exact) mass is 264 g/mol. The Morgan fingerprint density at radius 2 is 2.16 bits per heavy atom. The van der Waals surface area contributed by atoms with Crippen LogP contribution in [0.3, 0.4) is 0 Å². The number of aryl methyl sites for hydroxylation is 1. The van der Waals surface area contributed by atoms with Gasteiger partial charge in [0.05, 0.1) is 5.69 Å². The summed E-state index contributed by atoms with van der Waals surface area (Å²) in [6.07, 6.45) is 2.73. The Hall–Kier alpha value is -1.71. The molecule has 3 N–H and O–H groups in total. The number of amides is 1. The van der Waals surface area contributed by atoms with Gasteiger partial charge in [-0.15, -0.1) is 0 Å². The number of unbranched alkanes of at least 4 members (excludes halogenated alkanes) is 2. The Morgan fingerprint density at radius 1 is 1.42 bits per heavy atom. The van der Waals surface area contributed by atoms with Crippen LogP contribution in [-0.2, 0) is 4.79 Å². The van der Waals surface area contributed by atoms with Crippen LogP contribution in [0.15, 0.2) is 18.2 Å². The van der Waals surface area contributed by atoms with E-state index in [1.165, 1.54) is 0 Å². The smallest absolute Gasteiger partial charge is 0.260 e. The molecule has 0 saturated carbocycles. The predicted molar refractivity (Wildman–Crippen MR) is 78.2 cm³/mol. The first-order chi connectivity index (χ1) is 9.06. The number of nitrogen functional groups attached to an aromatic ring is 1. The molecule has 1 aromatic rings. The lowest BCUT2D eigenvalue weighted by Gasteiger charge is -2.17. The van der Waals surface area contributed by atoms with E-state index in [1.54, 1.807) is 13.0 Å². The molecule has 1 unspecified atom stereocenters. The van der Waals surface area contributed by atoms with Gasteiger partial charge in [-0.3, -0.25) is 4.79 Å². The van der Waals surface area contributed by atoms with Crippen molar-refractivity contribution in [1.29, 1.82) is 0 Å². The van der Waals surface area contributed by atoms with E-state index in [-0.39, 0.29) is 5.91 Å². The number of para-hydroxylation sites is 1. The fourth-order valence-electron chi connectivity index (χ4n) is 1.80. The number of carbonyl (C=O) groups excluding carboxylic acids is 1. The van der Waals surface area contributed by atoms with Gasteiger partial charge in [0, 0.05) is 6.54 Å². The van der Waals surface area contributed by atoms with Crippen molar-refractivity contribution in [1.82, 2.24) is 5.32 Å². The van der Waals surface area contributed by atoms with Gasteiger partial charge in [0.1, 0.15) is 5.75 Å². The molecule has 0 saturated heterocycles. The third-order valence-corrected chi connectivity index (χ3v) is 2.99. The zero-order valence-electron chi connectivity index (χ0n) is 12.0. The highest BCUT2D eigenvalue weighted by Crippen LogP contribution is 2.26. The molecule has 106 valence electrons. The van der Waals surface area contributed by atoms with Crippen LogP contribution in [0.1, 0.15) is 38.7 Å². The van der Waals surface area contributed by atoms with Crippen LogP contribution in [0.25, 0.3) is 0 Å². The second kappa shape index (κ2) is 7.67. The zero-order valence-corrected chi connectivity index (χ0v) is 12.0. The van der Waals surface area contributed by atoms with E-state index in [2.05, 4.69) is 12.2 Å². The molecule has 0 aromatic heterocycles. The Kier molecular flexibility index (Phi) is 6.19. The molecule has 1 atom stereocenters. The second-order valence-corrected chi connectivity index (χ2v) is 4.75. The summed E-state index contributed by atoms with van der Waals surface area (Å²) < 4.78 is 5.66. The summed E-state index contributed by atoms with van der Waals surface area (Å²) >= 11 is 0. The topological polar surface area (TPSA) is 64.3 Å². The third kappa shape index (κ3) is 4.81. The van der Waals surface area contributed by atoms with E-state index < -0.39 is 6.10 Å². The quantitative estimate of drug-likeness (QED) is 0.588. The molecule has 4 nitrogen and oxygen atoms in total. The first-order valence-corrected chi connectivity index (χ1v) is 6.85. The largest absolute Gasteiger partial charge is 0.478 e. The van der Waals surface area contributed by atoms with Gasteiger partial charge >= 0.3 is 0 Å². The standard InChI is InChI=1S/C15H24N2O2/c1-4-5-6-10-17-15(18)12(3)19-14-11(2)8-7-9-13(14)16/h7-9,12H,4-6,10,16H2,1-3H3,(H,17,18). The first-order valence-electron chi connectivity index (χ1n) is 6.85. The fraction of sp³-hybridized carbons (Fsp3) is 0.533. The minimum Gasteiger partial charge on any atom is -0.478 e. The van der Waals surface area contributed by atoms with Gasteiger partial charge in [0.15, 0.2) is 6.10 Å². The summed E-state index contributed by atoms with van der Waals surface area (Å²) in [4.78, 5) is 11.9. The number of anilines is 1. The molecule has 19 heavy (non-hydrogen) atoms. The molecule has 1 rings (SSSR count). The van der Waals surface area contributed by atoms with Crippen molar-refractivity contribution in [2.24, 2.45) is 0 Å². The van der Waals surface area contributed by atoms with Crippen molar-refractivity contribution in [3.63, 3.8) is 0 Å². The van der Waals surface area contributed by atoms with Gasteiger partial charge in [0.25, 0.3) is 5.91 Å². The lowest BCUT2D eigenvalue weighted by Crippen LogP contribution is -2.37. The summed E-state index contributed by atoms with van der Waals surface area (Å²) in [6.45, 7) is 6.48. The number of carbonyl (C=O) groups is 1. The van der Waals surface area contributed by atoms with Crippen molar-refractivity contribution < 1.29 is 9.53 Å². The van der Waals surface area contributed by atoms with Gasteiger partial charge < -0.3 is 15.8 Å². The minimum atomic E-state index is -0.537. The Labute approximate surface area is 115 Å². The average Bonchev–Trinajstić information content (AvgIpc) is 2.38. The van der Waals surface area contributed by atoms with Gasteiger partial charge in [-0.25, -0.2) is 0 Å².